The van der Waals surface area contributed by atoms with Crippen LogP contribution in [0.15, 0.2) is 30.3 Å². The second-order valence-electron chi connectivity index (χ2n) is 5.10. The van der Waals surface area contributed by atoms with E-state index < -0.39 is 8.07 Å². The molecule has 0 saturated heterocycles. The van der Waals surface area contributed by atoms with Crippen molar-refractivity contribution in [1.82, 2.24) is 0 Å². The van der Waals surface area contributed by atoms with Crippen molar-refractivity contribution in [2.75, 3.05) is 0 Å². The number of rotatable bonds is 3. The first-order valence-electron chi connectivity index (χ1n) is 5.69. The molecule has 0 heterocycles. The summed E-state index contributed by atoms with van der Waals surface area (Å²) in [5.74, 6) is 3.11. The molecule has 86 valence electrons. The van der Waals surface area contributed by atoms with Crippen molar-refractivity contribution in [1.29, 1.82) is 0 Å². The highest BCUT2D eigenvalue weighted by atomic mass is 28.3. The van der Waals surface area contributed by atoms with Crippen LogP contribution in [0.1, 0.15) is 12.0 Å². The molecule has 0 saturated carbocycles. The summed E-state index contributed by atoms with van der Waals surface area (Å²) < 4.78 is 0. The van der Waals surface area contributed by atoms with Crippen LogP contribution in [0.4, 0.5) is 0 Å². The third-order valence-electron chi connectivity index (χ3n) is 2.12. The predicted octanol–water partition coefficient (Wildman–Crippen LogP) is 2.86. The van der Waals surface area contributed by atoms with Gasteiger partial charge in [-0.25, -0.2) is 0 Å². The fourth-order valence-corrected chi connectivity index (χ4v) is 2.02. The number of aliphatic hydroxyl groups is 1. The fourth-order valence-electron chi connectivity index (χ4n) is 1.39. The summed E-state index contributed by atoms with van der Waals surface area (Å²) in [6.45, 7) is 6.64. The monoisotopic (exact) mass is 232 g/mol. The first kappa shape index (κ1) is 13.0. The summed E-state index contributed by atoms with van der Waals surface area (Å²) in [4.78, 5) is 0. The third-order valence-corrected chi connectivity index (χ3v) is 3.04. The van der Waals surface area contributed by atoms with E-state index in [4.69, 9.17) is 0 Å². The van der Waals surface area contributed by atoms with Gasteiger partial charge in [0.25, 0.3) is 0 Å². The van der Waals surface area contributed by atoms with E-state index in [1.807, 2.05) is 30.3 Å². The first-order chi connectivity index (χ1) is 7.47. The minimum absolute atomic E-state index is 0.341. The van der Waals surface area contributed by atoms with Crippen molar-refractivity contribution in [3.63, 3.8) is 0 Å². The van der Waals surface area contributed by atoms with Gasteiger partial charge >= 0.3 is 0 Å². The lowest BCUT2D eigenvalue weighted by Gasteiger charge is -2.07. The Hall–Kier alpha value is -1.04. The molecule has 0 aliphatic carbocycles. The van der Waals surface area contributed by atoms with E-state index in [0.717, 1.165) is 0 Å². The van der Waals surface area contributed by atoms with E-state index in [0.29, 0.717) is 12.8 Å². The molecule has 2 heteroatoms. The summed E-state index contributed by atoms with van der Waals surface area (Å²) >= 11 is 0. The molecule has 0 spiro atoms. The molecular formula is C14H20OSi. The van der Waals surface area contributed by atoms with Crippen LogP contribution in [-0.4, -0.2) is 19.3 Å². The van der Waals surface area contributed by atoms with E-state index in [9.17, 15) is 5.11 Å². The average Bonchev–Trinajstić information content (AvgIpc) is 2.17. The molecular weight excluding hydrogens is 212 g/mol. The number of hydrogen-bond acceptors (Lipinski definition) is 1. The van der Waals surface area contributed by atoms with Crippen molar-refractivity contribution < 1.29 is 5.11 Å². The van der Waals surface area contributed by atoms with Gasteiger partial charge in [0.15, 0.2) is 0 Å². The van der Waals surface area contributed by atoms with Gasteiger partial charge in [-0.05, 0) is 12.0 Å². The maximum atomic E-state index is 9.81. The van der Waals surface area contributed by atoms with Gasteiger partial charge in [0.1, 0.15) is 8.07 Å². The molecule has 1 rings (SSSR count). The minimum Gasteiger partial charge on any atom is -0.392 e. The molecule has 1 atom stereocenters. The Kier molecular flexibility index (Phi) is 4.79. The predicted molar refractivity (Wildman–Crippen MR) is 71.9 cm³/mol. The molecule has 0 fully saturated rings. The van der Waals surface area contributed by atoms with E-state index in [2.05, 4.69) is 31.1 Å². The van der Waals surface area contributed by atoms with Gasteiger partial charge in [-0.2, -0.15) is 0 Å². The van der Waals surface area contributed by atoms with Gasteiger partial charge < -0.3 is 5.11 Å². The summed E-state index contributed by atoms with van der Waals surface area (Å²) in [7, 11) is -1.29. The van der Waals surface area contributed by atoms with Crippen LogP contribution in [0.5, 0.6) is 0 Å². The zero-order chi connectivity index (χ0) is 12.0. The summed E-state index contributed by atoms with van der Waals surface area (Å²) in [6.07, 6.45) is 0.937. The Balaban J connectivity index is 2.42. The van der Waals surface area contributed by atoms with Crippen molar-refractivity contribution in [3.05, 3.63) is 35.9 Å². The zero-order valence-electron chi connectivity index (χ0n) is 10.3. The average molecular weight is 232 g/mol. The number of benzene rings is 1. The molecule has 0 bridgehead atoms. The Bertz CT molecular complexity index is 367. The van der Waals surface area contributed by atoms with Crippen molar-refractivity contribution in [3.8, 4) is 11.5 Å². The van der Waals surface area contributed by atoms with E-state index >= 15 is 0 Å². The Morgan fingerprint density at radius 1 is 1.19 bits per heavy atom. The second-order valence-corrected chi connectivity index (χ2v) is 9.85. The topological polar surface area (TPSA) is 20.2 Å². The number of hydrogen-bond donors (Lipinski definition) is 1. The summed E-state index contributed by atoms with van der Waals surface area (Å²) in [6, 6.07) is 10.1. The lowest BCUT2D eigenvalue weighted by atomic mass is 10.1. The van der Waals surface area contributed by atoms with Crippen LogP contribution >= 0.6 is 0 Å². The zero-order valence-corrected chi connectivity index (χ0v) is 11.3. The molecule has 0 unspecified atom stereocenters. The van der Waals surface area contributed by atoms with Gasteiger partial charge in [-0.3, -0.25) is 0 Å². The fraction of sp³-hybridized carbons (Fsp3) is 0.429. The standard InChI is InChI=1S/C14H20OSi/c1-16(2,3)11-7-10-14(15)12-13-8-5-4-6-9-13/h4-6,8-9,14-15H,10,12H2,1-3H3/t14-/m0/s1. The summed E-state index contributed by atoms with van der Waals surface area (Å²) in [5, 5.41) is 9.81. The van der Waals surface area contributed by atoms with Gasteiger partial charge in [0, 0.05) is 6.42 Å². The van der Waals surface area contributed by atoms with Crippen LogP contribution < -0.4 is 0 Å². The van der Waals surface area contributed by atoms with E-state index in [1.165, 1.54) is 5.56 Å². The smallest absolute Gasteiger partial charge is 0.129 e. The molecule has 1 aromatic rings. The van der Waals surface area contributed by atoms with Gasteiger partial charge in [0.2, 0.25) is 0 Å². The lowest BCUT2D eigenvalue weighted by molar-refractivity contribution is 0.181. The molecule has 1 aromatic carbocycles. The molecule has 0 radical (unpaired) electrons. The van der Waals surface area contributed by atoms with Crippen LogP contribution in [-0.2, 0) is 6.42 Å². The SMILES string of the molecule is C[Si](C)(C)C#CC[C@H](O)Cc1ccccc1. The second kappa shape index (κ2) is 5.88. The van der Waals surface area contributed by atoms with Crippen LogP contribution in [0.3, 0.4) is 0 Å². The van der Waals surface area contributed by atoms with Crippen molar-refractivity contribution in [2.24, 2.45) is 0 Å². The van der Waals surface area contributed by atoms with Gasteiger partial charge in [-0.1, -0.05) is 50.0 Å². The molecule has 1 nitrogen and oxygen atoms in total. The maximum Gasteiger partial charge on any atom is 0.129 e. The largest absolute Gasteiger partial charge is 0.392 e. The molecule has 0 amide bonds. The third kappa shape index (κ3) is 5.74. The molecule has 1 N–H and O–H groups in total. The van der Waals surface area contributed by atoms with Crippen molar-refractivity contribution in [2.45, 2.75) is 38.6 Å². The van der Waals surface area contributed by atoms with E-state index in [-0.39, 0.29) is 6.10 Å². The molecule has 0 aliphatic rings. The Labute approximate surface area is 99.5 Å². The molecule has 0 aromatic heterocycles. The molecule has 16 heavy (non-hydrogen) atoms. The first-order valence-corrected chi connectivity index (χ1v) is 9.19. The van der Waals surface area contributed by atoms with Gasteiger partial charge in [-0.15, -0.1) is 11.5 Å². The highest BCUT2D eigenvalue weighted by Gasteiger charge is 2.08. The summed E-state index contributed by atoms with van der Waals surface area (Å²) in [5.41, 5.74) is 4.44. The quantitative estimate of drug-likeness (QED) is 0.627. The molecule has 0 aliphatic heterocycles. The van der Waals surface area contributed by atoms with Crippen LogP contribution in [0.25, 0.3) is 0 Å². The maximum absolute atomic E-state index is 9.81. The van der Waals surface area contributed by atoms with E-state index in [1.54, 1.807) is 0 Å². The lowest BCUT2D eigenvalue weighted by Crippen LogP contribution is -2.17. The number of aliphatic hydroxyl groups excluding tert-OH is 1. The van der Waals surface area contributed by atoms with Gasteiger partial charge in [0.05, 0.1) is 6.10 Å². The Morgan fingerprint density at radius 2 is 1.81 bits per heavy atom. The Morgan fingerprint density at radius 3 is 2.38 bits per heavy atom. The van der Waals surface area contributed by atoms with Crippen molar-refractivity contribution >= 4 is 8.07 Å². The normalized spacial score (nSPS) is 12.8. The minimum atomic E-state index is -1.29. The highest BCUT2D eigenvalue weighted by molar-refractivity contribution is 6.83. The highest BCUT2D eigenvalue weighted by Crippen LogP contribution is 2.05. The van der Waals surface area contributed by atoms with Crippen LogP contribution in [0, 0.1) is 11.5 Å². The van der Waals surface area contributed by atoms with Crippen LogP contribution in [0.2, 0.25) is 19.6 Å².